The summed E-state index contributed by atoms with van der Waals surface area (Å²) in [6.45, 7) is 0.420. The molecule has 4 rings (SSSR count). The van der Waals surface area contributed by atoms with Crippen LogP contribution in [0.3, 0.4) is 0 Å². The van der Waals surface area contributed by atoms with E-state index in [1.165, 1.54) is 0 Å². The number of hydrogen-bond acceptors (Lipinski definition) is 6. The molecule has 10 nitrogen and oxygen atoms in total. The number of nitrogens with one attached hydrogen (secondary N) is 3. The molecular formula is C29H34N4O6. The number of methoxy groups -OCH3 is 1. The smallest absolute Gasteiger partial charge is 0.493 e. The zero-order chi connectivity index (χ0) is 28.2. The van der Waals surface area contributed by atoms with Crippen LogP contribution in [0, 0.1) is 5.41 Å². The molecule has 1 atom stereocenters. The zero-order valence-electron chi connectivity index (χ0n) is 21.7. The van der Waals surface area contributed by atoms with Crippen LogP contribution in [0.4, 0.5) is 10.5 Å². The van der Waals surface area contributed by atoms with Gasteiger partial charge in [-0.1, -0.05) is 49.2 Å². The minimum absolute atomic E-state index is 0.00269. The fraction of sp³-hybridized carbons (Fsp3) is 0.276. The summed E-state index contributed by atoms with van der Waals surface area (Å²) in [6, 6.07) is 22.2. The Morgan fingerprint density at radius 2 is 1.64 bits per heavy atom. The molecule has 7 N–H and O–H groups in total. The standard InChI is InChI=1S/C28H32N4O3.CH2O3/c1-34-25-17-21(13-16-24(25)35-18-19-7-3-2-4-8-19)26(28(33)32-22-9-5-6-10-22)31-23-14-11-20(12-15-23)27(29)30;2-1(3)4/h2-4,7-8,11-17,22,26,31H,5-6,9-10,18H2,1H3,(H3,29,30)(H,32,33);(H2,2,3,4). The summed E-state index contributed by atoms with van der Waals surface area (Å²) in [5.41, 5.74) is 8.78. The molecule has 3 aromatic carbocycles. The average Bonchev–Trinajstić information content (AvgIpc) is 3.44. The lowest BCUT2D eigenvalue weighted by molar-refractivity contribution is -0.122. The summed E-state index contributed by atoms with van der Waals surface area (Å²) < 4.78 is 11.6. The number of benzene rings is 3. The predicted molar refractivity (Wildman–Crippen MR) is 149 cm³/mol. The number of carboxylic acid groups (broad SMARTS) is 2. The van der Waals surface area contributed by atoms with Crippen LogP contribution in [0.15, 0.2) is 72.8 Å². The van der Waals surface area contributed by atoms with Gasteiger partial charge in [0.2, 0.25) is 5.91 Å². The molecule has 0 spiro atoms. The summed E-state index contributed by atoms with van der Waals surface area (Å²) in [7, 11) is 1.59. The second-order valence-electron chi connectivity index (χ2n) is 9.03. The molecule has 1 fully saturated rings. The Balaban J connectivity index is 0.000000983. The van der Waals surface area contributed by atoms with Crippen molar-refractivity contribution in [2.45, 2.75) is 44.4 Å². The molecule has 10 heteroatoms. The van der Waals surface area contributed by atoms with Gasteiger partial charge in [0.25, 0.3) is 0 Å². The summed E-state index contributed by atoms with van der Waals surface area (Å²) >= 11 is 0. The van der Waals surface area contributed by atoms with E-state index in [-0.39, 0.29) is 17.8 Å². The molecule has 0 heterocycles. The van der Waals surface area contributed by atoms with Gasteiger partial charge in [-0.05, 0) is 60.4 Å². The third kappa shape index (κ3) is 8.96. The van der Waals surface area contributed by atoms with Crippen molar-refractivity contribution in [3.8, 4) is 11.5 Å². The van der Waals surface area contributed by atoms with Crippen LogP contribution in [-0.2, 0) is 11.4 Å². The van der Waals surface area contributed by atoms with E-state index in [2.05, 4.69) is 10.6 Å². The number of hydrogen-bond donors (Lipinski definition) is 6. The van der Waals surface area contributed by atoms with E-state index >= 15 is 0 Å². The predicted octanol–water partition coefficient (Wildman–Crippen LogP) is 4.99. The Kier molecular flexibility index (Phi) is 10.6. The van der Waals surface area contributed by atoms with Crippen molar-refractivity contribution < 1.29 is 29.3 Å². The van der Waals surface area contributed by atoms with Crippen molar-refractivity contribution in [2.75, 3.05) is 12.4 Å². The third-order valence-electron chi connectivity index (χ3n) is 6.23. The average molecular weight is 535 g/mol. The van der Waals surface area contributed by atoms with Crippen LogP contribution in [-0.4, -0.2) is 41.3 Å². The zero-order valence-corrected chi connectivity index (χ0v) is 21.7. The molecule has 206 valence electrons. The maximum Gasteiger partial charge on any atom is 0.503 e. The number of anilines is 1. The van der Waals surface area contributed by atoms with Gasteiger partial charge in [0.1, 0.15) is 18.5 Å². The molecular weight excluding hydrogens is 500 g/mol. The van der Waals surface area contributed by atoms with Crippen molar-refractivity contribution in [3.05, 3.63) is 89.5 Å². The van der Waals surface area contributed by atoms with Gasteiger partial charge in [-0.2, -0.15) is 0 Å². The minimum atomic E-state index is -1.83. The van der Waals surface area contributed by atoms with E-state index in [9.17, 15) is 4.79 Å². The van der Waals surface area contributed by atoms with E-state index in [0.717, 1.165) is 42.5 Å². The highest BCUT2D eigenvalue weighted by molar-refractivity contribution is 5.95. The third-order valence-corrected chi connectivity index (χ3v) is 6.23. The molecule has 1 unspecified atom stereocenters. The molecule has 0 saturated heterocycles. The van der Waals surface area contributed by atoms with Gasteiger partial charge >= 0.3 is 6.16 Å². The highest BCUT2D eigenvalue weighted by Crippen LogP contribution is 2.33. The lowest BCUT2D eigenvalue weighted by Gasteiger charge is -2.23. The monoisotopic (exact) mass is 534 g/mol. The van der Waals surface area contributed by atoms with Gasteiger partial charge in [-0.15, -0.1) is 0 Å². The van der Waals surface area contributed by atoms with E-state index in [1.807, 2.05) is 60.7 Å². The lowest BCUT2D eigenvalue weighted by atomic mass is 10.0. The lowest BCUT2D eigenvalue weighted by Crippen LogP contribution is -2.39. The van der Waals surface area contributed by atoms with E-state index < -0.39 is 12.2 Å². The molecule has 3 aromatic rings. The SMILES string of the molecule is COc1cc(C(Nc2ccc(C(=N)N)cc2)C(=O)NC2CCCC2)ccc1OCc1ccccc1.O=C(O)O. The first-order valence-electron chi connectivity index (χ1n) is 12.5. The molecule has 39 heavy (non-hydrogen) atoms. The van der Waals surface area contributed by atoms with Crippen LogP contribution in [0.2, 0.25) is 0 Å². The first-order chi connectivity index (χ1) is 18.8. The minimum Gasteiger partial charge on any atom is -0.493 e. The largest absolute Gasteiger partial charge is 0.503 e. The van der Waals surface area contributed by atoms with Crippen LogP contribution in [0.1, 0.15) is 48.4 Å². The van der Waals surface area contributed by atoms with Gasteiger partial charge < -0.3 is 36.1 Å². The summed E-state index contributed by atoms with van der Waals surface area (Å²) in [4.78, 5) is 21.9. The van der Waals surface area contributed by atoms with Crippen molar-refractivity contribution in [2.24, 2.45) is 5.73 Å². The summed E-state index contributed by atoms with van der Waals surface area (Å²) in [6.07, 6.45) is 2.44. The van der Waals surface area contributed by atoms with Crippen LogP contribution >= 0.6 is 0 Å². The van der Waals surface area contributed by atoms with E-state index in [4.69, 9.17) is 35.6 Å². The number of nitrogens with two attached hydrogens (primary N) is 1. The summed E-state index contributed by atoms with van der Waals surface area (Å²) in [5.74, 6) is 1.09. The van der Waals surface area contributed by atoms with Gasteiger partial charge in [-0.25, -0.2) is 4.79 Å². The fourth-order valence-electron chi connectivity index (χ4n) is 4.29. The molecule has 1 saturated carbocycles. The molecule has 1 aliphatic carbocycles. The number of carbonyl (C=O) groups excluding carboxylic acids is 1. The Labute approximate surface area is 227 Å². The van der Waals surface area contributed by atoms with Crippen molar-refractivity contribution in [1.82, 2.24) is 5.32 Å². The van der Waals surface area contributed by atoms with E-state index in [1.54, 1.807) is 19.2 Å². The number of amidine groups is 1. The number of rotatable bonds is 10. The second-order valence-corrected chi connectivity index (χ2v) is 9.03. The molecule has 0 radical (unpaired) electrons. The fourth-order valence-corrected chi connectivity index (χ4v) is 4.29. The normalized spacial score (nSPS) is 13.4. The van der Waals surface area contributed by atoms with Gasteiger partial charge in [-0.3, -0.25) is 10.2 Å². The van der Waals surface area contributed by atoms with Crippen molar-refractivity contribution in [1.29, 1.82) is 5.41 Å². The van der Waals surface area contributed by atoms with Crippen molar-refractivity contribution >= 4 is 23.6 Å². The quantitative estimate of drug-likeness (QED) is 0.156. The maximum atomic E-state index is 13.4. The van der Waals surface area contributed by atoms with Crippen LogP contribution in [0.25, 0.3) is 0 Å². The van der Waals surface area contributed by atoms with Gasteiger partial charge in [0.15, 0.2) is 11.5 Å². The highest BCUT2D eigenvalue weighted by Gasteiger charge is 2.26. The Hall–Kier alpha value is -4.73. The second kappa shape index (κ2) is 14.3. The molecule has 1 aliphatic rings. The first-order valence-corrected chi connectivity index (χ1v) is 12.5. The van der Waals surface area contributed by atoms with Gasteiger partial charge in [0, 0.05) is 17.3 Å². The maximum absolute atomic E-state index is 13.4. The first kappa shape index (κ1) is 28.8. The van der Waals surface area contributed by atoms with Crippen LogP contribution < -0.4 is 25.8 Å². The molecule has 1 amide bonds. The number of amides is 1. The Morgan fingerprint density at radius 1 is 1.00 bits per heavy atom. The highest BCUT2D eigenvalue weighted by atomic mass is 16.6. The molecule has 0 aliphatic heterocycles. The molecule has 0 bridgehead atoms. The van der Waals surface area contributed by atoms with E-state index in [0.29, 0.717) is 23.7 Å². The number of carbonyl (C=O) groups is 2. The number of nitrogen functional groups attached to an aromatic ring is 1. The Morgan fingerprint density at radius 3 is 2.23 bits per heavy atom. The van der Waals surface area contributed by atoms with Crippen LogP contribution in [0.5, 0.6) is 11.5 Å². The van der Waals surface area contributed by atoms with Crippen molar-refractivity contribution in [3.63, 3.8) is 0 Å². The topological polar surface area (TPSA) is 167 Å². The molecule has 0 aromatic heterocycles. The Bertz CT molecular complexity index is 1240. The number of ether oxygens (including phenoxy) is 2. The van der Waals surface area contributed by atoms with Gasteiger partial charge in [0.05, 0.1) is 7.11 Å². The summed E-state index contributed by atoms with van der Waals surface area (Å²) in [5, 5.41) is 28.1.